The molecular weight excluding hydrogens is 196 g/mol. The van der Waals surface area contributed by atoms with Crippen molar-refractivity contribution in [3.8, 4) is 0 Å². The lowest BCUT2D eigenvalue weighted by atomic mass is 9.81. The van der Waals surface area contributed by atoms with E-state index in [2.05, 4.69) is 34.9 Å². The van der Waals surface area contributed by atoms with Crippen molar-refractivity contribution in [1.82, 2.24) is 5.32 Å². The molecule has 1 saturated carbocycles. The summed E-state index contributed by atoms with van der Waals surface area (Å²) in [6.45, 7) is 1.19. The van der Waals surface area contributed by atoms with Crippen molar-refractivity contribution in [2.24, 2.45) is 11.8 Å². The quantitative estimate of drug-likeness (QED) is 0.750. The van der Waals surface area contributed by atoms with Crippen LogP contribution in [0.25, 0.3) is 0 Å². The maximum atomic E-state index is 3.79. The van der Waals surface area contributed by atoms with Crippen LogP contribution in [0.2, 0.25) is 0 Å². The van der Waals surface area contributed by atoms with Gasteiger partial charge in [0.2, 0.25) is 0 Å². The maximum absolute atomic E-state index is 3.79. The molecule has 2 heteroatoms. The first kappa shape index (κ1) is 9.06. The van der Waals surface area contributed by atoms with Gasteiger partial charge in [-0.25, -0.2) is 0 Å². The average molecular weight is 214 g/mol. The fourth-order valence-corrected chi connectivity index (χ4v) is 3.56. The van der Waals surface area contributed by atoms with Gasteiger partial charge in [0, 0.05) is 23.7 Å². The van der Waals surface area contributed by atoms with E-state index in [1.54, 1.807) is 0 Å². The Morgan fingerprint density at radius 1 is 1.06 bits per heavy atom. The molecule has 0 aromatic heterocycles. The molecule has 1 aromatic rings. The highest BCUT2D eigenvalue weighted by molar-refractivity contribution is 5.56. The van der Waals surface area contributed by atoms with E-state index in [4.69, 9.17) is 0 Å². The van der Waals surface area contributed by atoms with Crippen LogP contribution in [-0.2, 0) is 0 Å². The zero-order valence-corrected chi connectivity index (χ0v) is 9.45. The van der Waals surface area contributed by atoms with E-state index in [0.717, 1.165) is 17.9 Å². The molecule has 2 nitrogen and oxygen atoms in total. The Hall–Kier alpha value is -1.02. The lowest BCUT2D eigenvalue weighted by molar-refractivity contribution is 0.357. The lowest BCUT2D eigenvalue weighted by Gasteiger charge is -2.37. The predicted octanol–water partition coefficient (Wildman–Crippen LogP) is 2.54. The molecule has 16 heavy (non-hydrogen) atoms. The summed E-state index contributed by atoms with van der Waals surface area (Å²) in [4.78, 5) is 0. The molecule has 0 bridgehead atoms. The first-order valence-corrected chi connectivity index (χ1v) is 6.52. The smallest absolute Gasteiger partial charge is 0.0391 e. The first-order valence-electron chi connectivity index (χ1n) is 6.52. The molecule has 3 atom stereocenters. The molecule has 0 amide bonds. The number of hydrogen-bond acceptors (Lipinski definition) is 2. The molecule has 2 fully saturated rings. The number of hydrogen-bond donors (Lipinski definition) is 2. The van der Waals surface area contributed by atoms with Crippen LogP contribution in [0.3, 0.4) is 0 Å². The molecule has 1 aromatic carbocycles. The summed E-state index contributed by atoms with van der Waals surface area (Å²) < 4.78 is 0. The number of fused-ring (bicyclic) bond motifs is 3. The Bertz CT molecular complexity index is 411. The Morgan fingerprint density at radius 2 is 1.94 bits per heavy atom. The average Bonchev–Trinajstić information content (AvgIpc) is 3.04. The van der Waals surface area contributed by atoms with Crippen LogP contribution in [-0.4, -0.2) is 12.6 Å². The zero-order valence-electron chi connectivity index (χ0n) is 9.45. The number of nitrogens with one attached hydrogen (secondary N) is 2. The number of anilines is 1. The summed E-state index contributed by atoms with van der Waals surface area (Å²) in [6, 6.07) is 10.2. The standard InChI is InChI=1S/C14H18N2/c1-2-4-12-10(3-1)14-11(7-8-15-14)13(16-12)9-5-6-9/h1-4,9,11,13-16H,5-8H2/t11-,13+,14+/m0/s1. The van der Waals surface area contributed by atoms with Gasteiger partial charge < -0.3 is 10.6 Å². The second kappa shape index (κ2) is 3.24. The van der Waals surface area contributed by atoms with Crippen LogP contribution in [0.1, 0.15) is 30.9 Å². The van der Waals surface area contributed by atoms with Crippen molar-refractivity contribution in [2.75, 3.05) is 11.9 Å². The topological polar surface area (TPSA) is 24.1 Å². The minimum Gasteiger partial charge on any atom is -0.381 e. The minimum atomic E-state index is 0.614. The van der Waals surface area contributed by atoms with Crippen LogP contribution in [0.4, 0.5) is 5.69 Å². The fraction of sp³-hybridized carbons (Fsp3) is 0.571. The maximum Gasteiger partial charge on any atom is 0.0391 e. The molecule has 1 aliphatic carbocycles. The fourth-order valence-electron chi connectivity index (χ4n) is 3.56. The molecule has 2 aliphatic heterocycles. The number of para-hydroxylation sites is 1. The van der Waals surface area contributed by atoms with Gasteiger partial charge in [-0.05, 0) is 43.4 Å². The summed E-state index contributed by atoms with van der Waals surface area (Å²) in [5, 5.41) is 7.48. The Balaban J connectivity index is 1.77. The Morgan fingerprint density at radius 3 is 2.81 bits per heavy atom. The molecule has 3 aliphatic rings. The summed E-state index contributed by atoms with van der Waals surface area (Å²) >= 11 is 0. The van der Waals surface area contributed by atoms with Gasteiger partial charge >= 0.3 is 0 Å². The second-order valence-corrected chi connectivity index (χ2v) is 5.48. The molecule has 2 N–H and O–H groups in total. The van der Waals surface area contributed by atoms with Crippen molar-refractivity contribution >= 4 is 5.69 Å². The molecule has 2 heterocycles. The predicted molar refractivity (Wildman–Crippen MR) is 65.4 cm³/mol. The van der Waals surface area contributed by atoms with E-state index in [0.29, 0.717) is 6.04 Å². The van der Waals surface area contributed by atoms with Crippen LogP contribution in [0.15, 0.2) is 24.3 Å². The van der Waals surface area contributed by atoms with Crippen LogP contribution in [0, 0.1) is 11.8 Å². The van der Waals surface area contributed by atoms with Crippen molar-refractivity contribution in [3.63, 3.8) is 0 Å². The summed E-state index contributed by atoms with van der Waals surface area (Å²) in [5.74, 6) is 1.77. The van der Waals surface area contributed by atoms with Gasteiger partial charge in [-0.2, -0.15) is 0 Å². The van der Waals surface area contributed by atoms with E-state index in [9.17, 15) is 0 Å². The zero-order chi connectivity index (χ0) is 10.5. The largest absolute Gasteiger partial charge is 0.381 e. The third-order valence-corrected chi connectivity index (χ3v) is 4.48. The van der Waals surface area contributed by atoms with Crippen molar-refractivity contribution < 1.29 is 0 Å². The second-order valence-electron chi connectivity index (χ2n) is 5.48. The van der Waals surface area contributed by atoms with Gasteiger partial charge in [0.05, 0.1) is 0 Å². The number of rotatable bonds is 1. The van der Waals surface area contributed by atoms with Crippen molar-refractivity contribution in [1.29, 1.82) is 0 Å². The molecular formula is C14H18N2. The van der Waals surface area contributed by atoms with E-state index < -0.39 is 0 Å². The van der Waals surface area contributed by atoms with Gasteiger partial charge in [0.15, 0.2) is 0 Å². The summed E-state index contributed by atoms with van der Waals surface area (Å²) in [7, 11) is 0. The van der Waals surface area contributed by atoms with Gasteiger partial charge in [-0.15, -0.1) is 0 Å². The Kier molecular flexibility index (Phi) is 1.83. The number of benzene rings is 1. The highest BCUT2D eigenvalue weighted by Gasteiger charge is 2.45. The van der Waals surface area contributed by atoms with E-state index in [1.807, 2.05) is 0 Å². The molecule has 0 radical (unpaired) electrons. The van der Waals surface area contributed by atoms with Gasteiger partial charge in [-0.3, -0.25) is 0 Å². The SMILES string of the molecule is c1ccc2c(c1)N[C@H](C1CC1)[C@@H]1CCN[C@H]21. The van der Waals surface area contributed by atoms with Gasteiger partial charge in [0.1, 0.15) is 0 Å². The Labute approximate surface area is 96.4 Å². The molecule has 4 rings (SSSR count). The van der Waals surface area contributed by atoms with Crippen molar-refractivity contribution in [2.45, 2.75) is 31.3 Å². The minimum absolute atomic E-state index is 0.614. The third kappa shape index (κ3) is 1.23. The molecule has 1 saturated heterocycles. The van der Waals surface area contributed by atoms with Crippen molar-refractivity contribution in [3.05, 3.63) is 29.8 Å². The summed E-state index contributed by atoms with van der Waals surface area (Å²) in [5.41, 5.74) is 2.86. The van der Waals surface area contributed by atoms with Crippen LogP contribution >= 0.6 is 0 Å². The highest BCUT2D eigenvalue weighted by atomic mass is 15.1. The highest BCUT2D eigenvalue weighted by Crippen LogP contribution is 2.48. The molecule has 0 spiro atoms. The van der Waals surface area contributed by atoms with Gasteiger partial charge in [0.25, 0.3) is 0 Å². The molecule has 84 valence electrons. The van der Waals surface area contributed by atoms with Gasteiger partial charge in [-0.1, -0.05) is 18.2 Å². The first-order chi connectivity index (χ1) is 7.93. The van der Waals surface area contributed by atoms with E-state index >= 15 is 0 Å². The molecule has 0 unspecified atom stereocenters. The monoisotopic (exact) mass is 214 g/mol. The normalized spacial score (nSPS) is 36.4. The van der Waals surface area contributed by atoms with Crippen LogP contribution < -0.4 is 10.6 Å². The lowest BCUT2D eigenvalue weighted by Crippen LogP contribution is -2.39. The summed E-state index contributed by atoms with van der Waals surface area (Å²) in [6.07, 6.45) is 4.21. The van der Waals surface area contributed by atoms with E-state index in [-0.39, 0.29) is 0 Å². The van der Waals surface area contributed by atoms with E-state index in [1.165, 1.54) is 37.1 Å². The third-order valence-electron chi connectivity index (χ3n) is 4.48. The van der Waals surface area contributed by atoms with Crippen LogP contribution in [0.5, 0.6) is 0 Å².